The number of hydrogen-bond donors (Lipinski definition) is 3. The lowest BCUT2D eigenvalue weighted by molar-refractivity contribution is -0.141. The number of hydrogen-bond acceptors (Lipinski definition) is 3. The minimum absolute atomic E-state index is 0.131. The van der Waals surface area contributed by atoms with Crippen molar-refractivity contribution in [1.82, 2.24) is 10.3 Å². The molecular weight excluding hydrogens is 260 g/mol. The monoisotopic (exact) mass is 280 g/mol. The SMILES string of the molecule is CC(C)CC(CC(=O)O)C(=O)NCC(=O)c1ccc[nH]1. The summed E-state index contributed by atoms with van der Waals surface area (Å²) in [6, 6.07) is 3.32. The largest absolute Gasteiger partial charge is 0.481 e. The fraction of sp³-hybridized carbons (Fsp3) is 0.500. The molecule has 1 heterocycles. The summed E-state index contributed by atoms with van der Waals surface area (Å²) in [6.45, 7) is 3.71. The van der Waals surface area contributed by atoms with Crippen molar-refractivity contribution in [2.45, 2.75) is 26.7 Å². The molecule has 20 heavy (non-hydrogen) atoms. The smallest absolute Gasteiger partial charge is 0.304 e. The summed E-state index contributed by atoms with van der Waals surface area (Å²) >= 11 is 0. The van der Waals surface area contributed by atoms with Gasteiger partial charge in [-0.25, -0.2) is 0 Å². The van der Waals surface area contributed by atoms with E-state index in [1.54, 1.807) is 18.3 Å². The maximum absolute atomic E-state index is 12.0. The minimum Gasteiger partial charge on any atom is -0.481 e. The maximum atomic E-state index is 12.0. The zero-order valence-corrected chi connectivity index (χ0v) is 11.7. The second-order valence-electron chi connectivity index (χ2n) is 5.15. The molecule has 3 N–H and O–H groups in total. The average molecular weight is 280 g/mol. The van der Waals surface area contributed by atoms with E-state index >= 15 is 0 Å². The number of aromatic amines is 1. The van der Waals surface area contributed by atoms with Crippen LogP contribution in [0.2, 0.25) is 0 Å². The molecule has 0 aliphatic carbocycles. The quantitative estimate of drug-likeness (QED) is 0.627. The molecule has 0 spiro atoms. The highest BCUT2D eigenvalue weighted by atomic mass is 16.4. The molecule has 0 aliphatic heterocycles. The zero-order valence-electron chi connectivity index (χ0n) is 11.7. The van der Waals surface area contributed by atoms with Crippen LogP contribution in [0.15, 0.2) is 18.3 Å². The van der Waals surface area contributed by atoms with Crippen LogP contribution in [0.5, 0.6) is 0 Å². The number of carbonyl (C=O) groups excluding carboxylic acids is 2. The number of carboxylic acids is 1. The van der Waals surface area contributed by atoms with E-state index in [1.165, 1.54) is 0 Å². The molecular formula is C14H20N2O4. The lowest BCUT2D eigenvalue weighted by Crippen LogP contribution is -2.36. The average Bonchev–Trinajstić information content (AvgIpc) is 2.87. The van der Waals surface area contributed by atoms with E-state index in [0.717, 1.165) is 0 Å². The molecule has 110 valence electrons. The Morgan fingerprint density at radius 1 is 1.35 bits per heavy atom. The van der Waals surface area contributed by atoms with Gasteiger partial charge in [-0.1, -0.05) is 13.8 Å². The van der Waals surface area contributed by atoms with Crippen molar-refractivity contribution in [1.29, 1.82) is 0 Å². The molecule has 1 aromatic heterocycles. The molecule has 1 atom stereocenters. The standard InChI is InChI=1S/C14H20N2O4/c1-9(2)6-10(7-13(18)19)14(20)16-8-12(17)11-4-3-5-15-11/h3-5,9-10,15H,6-8H2,1-2H3,(H,16,20)(H,18,19). The summed E-state index contributed by atoms with van der Waals surface area (Å²) < 4.78 is 0. The van der Waals surface area contributed by atoms with Gasteiger partial charge in [0.25, 0.3) is 0 Å². The topological polar surface area (TPSA) is 99.3 Å². The zero-order chi connectivity index (χ0) is 15.1. The number of aliphatic carboxylic acids is 1. The second-order valence-corrected chi connectivity index (χ2v) is 5.15. The van der Waals surface area contributed by atoms with Gasteiger partial charge in [-0.15, -0.1) is 0 Å². The lowest BCUT2D eigenvalue weighted by Gasteiger charge is -2.16. The summed E-state index contributed by atoms with van der Waals surface area (Å²) in [7, 11) is 0. The van der Waals surface area contributed by atoms with Gasteiger partial charge in [-0.3, -0.25) is 14.4 Å². The van der Waals surface area contributed by atoms with Gasteiger partial charge in [0.15, 0.2) is 5.78 Å². The van der Waals surface area contributed by atoms with Crippen LogP contribution in [0, 0.1) is 11.8 Å². The van der Waals surface area contributed by atoms with E-state index in [4.69, 9.17) is 5.11 Å². The van der Waals surface area contributed by atoms with Crippen LogP contribution in [0.3, 0.4) is 0 Å². The third-order valence-corrected chi connectivity index (χ3v) is 2.87. The Morgan fingerprint density at radius 3 is 2.55 bits per heavy atom. The van der Waals surface area contributed by atoms with Crippen LogP contribution in [0.1, 0.15) is 37.2 Å². The highest BCUT2D eigenvalue weighted by Gasteiger charge is 2.23. The molecule has 0 aromatic carbocycles. The molecule has 0 radical (unpaired) electrons. The number of Topliss-reactive ketones (excluding diaryl/α,β-unsaturated/α-hetero) is 1. The fourth-order valence-corrected chi connectivity index (χ4v) is 1.97. The number of amides is 1. The molecule has 1 rings (SSSR count). The predicted molar refractivity (Wildman–Crippen MR) is 73.3 cm³/mol. The number of H-pyrrole nitrogens is 1. The van der Waals surface area contributed by atoms with E-state index in [2.05, 4.69) is 10.3 Å². The van der Waals surface area contributed by atoms with E-state index in [9.17, 15) is 14.4 Å². The first-order valence-corrected chi connectivity index (χ1v) is 6.56. The Hall–Kier alpha value is -2.11. The Kier molecular flexibility index (Phi) is 5.96. The van der Waals surface area contributed by atoms with Crippen LogP contribution < -0.4 is 5.32 Å². The summed E-state index contributed by atoms with van der Waals surface area (Å²) in [5.74, 6) is -2.03. The Bertz CT molecular complexity index is 466. The van der Waals surface area contributed by atoms with Crippen LogP contribution in [-0.4, -0.2) is 34.3 Å². The molecule has 0 aliphatic rings. The number of aromatic nitrogens is 1. The second kappa shape index (κ2) is 7.47. The van der Waals surface area contributed by atoms with Gasteiger partial charge in [0.05, 0.1) is 18.7 Å². The molecule has 6 heteroatoms. The van der Waals surface area contributed by atoms with Crippen LogP contribution in [-0.2, 0) is 9.59 Å². The Balaban J connectivity index is 2.53. The van der Waals surface area contributed by atoms with E-state index in [1.807, 2.05) is 13.8 Å². The molecule has 0 bridgehead atoms. The van der Waals surface area contributed by atoms with Gasteiger partial charge < -0.3 is 15.4 Å². The first kappa shape index (κ1) is 15.9. The van der Waals surface area contributed by atoms with Crippen molar-refractivity contribution in [3.8, 4) is 0 Å². The van der Waals surface area contributed by atoms with E-state index in [0.29, 0.717) is 12.1 Å². The number of ketones is 1. The van der Waals surface area contributed by atoms with Gasteiger partial charge >= 0.3 is 5.97 Å². The minimum atomic E-state index is -1.01. The molecule has 1 amide bonds. The molecule has 0 saturated heterocycles. The number of nitrogens with one attached hydrogen (secondary N) is 2. The molecule has 1 unspecified atom stereocenters. The summed E-state index contributed by atoms with van der Waals surface area (Å²) in [5.41, 5.74) is 0.420. The Labute approximate surface area is 117 Å². The normalized spacial score (nSPS) is 12.2. The van der Waals surface area contributed by atoms with Gasteiger partial charge in [0, 0.05) is 12.1 Å². The summed E-state index contributed by atoms with van der Waals surface area (Å²) in [6.07, 6.45) is 1.89. The first-order valence-electron chi connectivity index (χ1n) is 6.56. The number of rotatable bonds is 8. The van der Waals surface area contributed by atoms with Crippen molar-refractivity contribution in [3.05, 3.63) is 24.0 Å². The van der Waals surface area contributed by atoms with Gasteiger partial charge in [0.1, 0.15) is 0 Å². The van der Waals surface area contributed by atoms with E-state index in [-0.39, 0.29) is 30.6 Å². The van der Waals surface area contributed by atoms with Crippen molar-refractivity contribution < 1.29 is 19.5 Å². The molecule has 6 nitrogen and oxygen atoms in total. The molecule has 0 fully saturated rings. The van der Waals surface area contributed by atoms with Crippen molar-refractivity contribution in [3.63, 3.8) is 0 Å². The maximum Gasteiger partial charge on any atom is 0.304 e. The van der Waals surface area contributed by atoms with Crippen molar-refractivity contribution >= 4 is 17.7 Å². The fourth-order valence-electron chi connectivity index (χ4n) is 1.97. The van der Waals surface area contributed by atoms with Gasteiger partial charge in [0.2, 0.25) is 5.91 Å². The van der Waals surface area contributed by atoms with Crippen LogP contribution in [0.4, 0.5) is 0 Å². The third-order valence-electron chi connectivity index (χ3n) is 2.87. The number of carboxylic acid groups (broad SMARTS) is 1. The van der Waals surface area contributed by atoms with Crippen molar-refractivity contribution in [2.75, 3.05) is 6.54 Å². The lowest BCUT2D eigenvalue weighted by atomic mass is 9.93. The van der Waals surface area contributed by atoms with Crippen molar-refractivity contribution in [2.24, 2.45) is 11.8 Å². The number of carbonyl (C=O) groups is 3. The Morgan fingerprint density at radius 2 is 2.05 bits per heavy atom. The summed E-state index contributed by atoms with van der Waals surface area (Å²) in [5, 5.41) is 11.3. The van der Waals surface area contributed by atoms with Gasteiger partial charge in [-0.2, -0.15) is 0 Å². The van der Waals surface area contributed by atoms with Gasteiger partial charge in [-0.05, 0) is 24.5 Å². The van der Waals surface area contributed by atoms with Crippen LogP contribution >= 0.6 is 0 Å². The molecule has 1 aromatic rings. The highest BCUT2D eigenvalue weighted by molar-refractivity contribution is 5.98. The van der Waals surface area contributed by atoms with Crippen LogP contribution in [0.25, 0.3) is 0 Å². The third kappa shape index (κ3) is 5.26. The van der Waals surface area contributed by atoms with E-state index < -0.39 is 11.9 Å². The predicted octanol–water partition coefficient (Wildman–Crippen LogP) is 1.45. The first-order chi connectivity index (χ1) is 9.40. The molecule has 0 saturated carbocycles. The highest BCUT2D eigenvalue weighted by Crippen LogP contribution is 2.15. The summed E-state index contributed by atoms with van der Waals surface area (Å²) in [4.78, 5) is 37.2.